The molecular weight excluding hydrogens is 497 g/mol. The molecule has 8 nitrogen and oxygen atoms in total. The van der Waals surface area contributed by atoms with Crippen LogP contribution in [-0.2, 0) is 0 Å². The van der Waals surface area contributed by atoms with Crippen LogP contribution >= 0.6 is 23.2 Å². The number of pyridine rings is 1. The fraction of sp³-hybridized carbons (Fsp3) is 0.385. The molecule has 36 heavy (non-hydrogen) atoms. The van der Waals surface area contributed by atoms with Crippen LogP contribution < -0.4 is 15.0 Å². The first-order valence-corrected chi connectivity index (χ1v) is 13.0. The Balaban J connectivity index is 1.21. The first-order chi connectivity index (χ1) is 17.5. The Hall–Kier alpha value is -2.94. The van der Waals surface area contributed by atoms with Gasteiger partial charge in [0.05, 0.1) is 15.6 Å². The SMILES string of the molecule is C[C@@H](Oc1ccc2[nH]nc(-c3cnc(N4CCC5(CCCN5)CC4)nc3)c2c1)c1c(Cl)cncc1Cl. The second kappa shape index (κ2) is 9.50. The summed E-state index contributed by atoms with van der Waals surface area (Å²) in [6.07, 6.45) is 11.3. The third-order valence-corrected chi connectivity index (χ3v) is 7.99. The van der Waals surface area contributed by atoms with Crippen molar-refractivity contribution >= 4 is 40.1 Å². The highest BCUT2D eigenvalue weighted by Gasteiger charge is 2.37. The number of halogens is 2. The maximum Gasteiger partial charge on any atom is 0.225 e. The van der Waals surface area contributed by atoms with E-state index in [4.69, 9.17) is 27.9 Å². The molecule has 2 aliphatic rings. The van der Waals surface area contributed by atoms with Crippen molar-refractivity contribution in [2.45, 2.75) is 44.2 Å². The number of ether oxygens (including phenoxy) is 1. The van der Waals surface area contributed by atoms with E-state index in [1.54, 1.807) is 12.4 Å². The molecule has 1 spiro atoms. The van der Waals surface area contributed by atoms with Gasteiger partial charge in [0, 0.05) is 59.9 Å². The zero-order chi connectivity index (χ0) is 24.7. The lowest BCUT2D eigenvalue weighted by Crippen LogP contribution is -2.50. The second-order valence-corrected chi connectivity index (χ2v) is 10.4. The van der Waals surface area contributed by atoms with Gasteiger partial charge >= 0.3 is 0 Å². The van der Waals surface area contributed by atoms with E-state index in [1.807, 2.05) is 37.5 Å². The van der Waals surface area contributed by atoms with Gasteiger partial charge in [-0.25, -0.2) is 9.97 Å². The zero-order valence-corrected chi connectivity index (χ0v) is 21.5. The van der Waals surface area contributed by atoms with Crippen molar-refractivity contribution < 1.29 is 4.74 Å². The molecule has 3 aromatic heterocycles. The standard InChI is InChI=1S/C26H27Cl2N7O/c1-16(23-20(27)14-29-15-21(23)28)36-18-3-4-22-19(11-18)24(34-33-22)17-12-30-25(31-13-17)35-9-6-26(7-10-35)5-2-8-32-26/h3-4,11-16,32H,2,5-10H2,1H3,(H,33,34)/t16-/m1/s1. The van der Waals surface area contributed by atoms with Gasteiger partial charge in [0.15, 0.2) is 0 Å². The molecule has 0 saturated carbocycles. The third-order valence-electron chi connectivity index (χ3n) is 7.39. The van der Waals surface area contributed by atoms with Gasteiger partial charge in [-0.05, 0) is 57.4 Å². The lowest BCUT2D eigenvalue weighted by molar-refractivity contribution is 0.227. The van der Waals surface area contributed by atoms with Crippen molar-refractivity contribution in [2.24, 2.45) is 0 Å². The van der Waals surface area contributed by atoms with Crippen molar-refractivity contribution in [1.82, 2.24) is 30.5 Å². The smallest absolute Gasteiger partial charge is 0.225 e. The van der Waals surface area contributed by atoms with Crippen LogP contribution in [0.4, 0.5) is 5.95 Å². The highest BCUT2D eigenvalue weighted by molar-refractivity contribution is 6.35. The summed E-state index contributed by atoms with van der Waals surface area (Å²) in [6, 6.07) is 5.80. The molecule has 0 amide bonds. The highest BCUT2D eigenvalue weighted by atomic mass is 35.5. The van der Waals surface area contributed by atoms with E-state index < -0.39 is 0 Å². The number of benzene rings is 1. The van der Waals surface area contributed by atoms with Gasteiger partial charge in [0.1, 0.15) is 17.5 Å². The molecule has 0 unspecified atom stereocenters. The molecule has 0 bridgehead atoms. The van der Waals surface area contributed by atoms with Crippen molar-refractivity contribution in [3.63, 3.8) is 0 Å². The Morgan fingerprint density at radius 1 is 1.03 bits per heavy atom. The molecule has 0 radical (unpaired) electrons. The Bertz CT molecular complexity index is 1350. The van der Waals surface area contributed by atoms with Gasteiger partial charge < -0.3 is 15.0 Å². The number of nitrogens with zero attached hydrogens (tertiary/aromatic N) is 5. The molecule has 2 N–H and O–H groups in total. The van der Waals surface area contributed by atoms with Crippen molar-refractivity contribution in [2.75, 3.05) is 24.5 Å². The summed E-state index contributed by atoms with van der Waals surface area (Å²) in [4.78, 5) is 15.7. The van der Waals surface area contributed by atoms with Crippen LogP contribution in [0.15, 0.2) is 43.0 Å². The van der Waals surface area contributed by atoms with Crippen molar-refractivity contribution in [3.05, 3.63) is 58.6 Å². The largest absolute Gasteiger partial charge is 0.486 e. The van der Waals surface area contributed by atoms with E-state index in [0.717, 1.165) is 60.6 Å². The lowest BCUT2D eigenvalue weighted by atomic mass is 9.86. The Morgan fingerprint density at radius 3 is 2.47 bits per heavy atom. The van der Waals surface area contributed by atoms with Crippen LogP contribution in [0.1, 0.15) is 44.3 Å². The molecule has 2 aliphatic heterocycles. The summed E-state index contributed by atoms with van der Waals surface area (Å²) >= 11 is 12.6. The number of piperidine rings is 1. The quantitative estimate of drug-likeness (QED) is 0.352. The predicted octanol–water partition coefficient (Wildman–Crippen LogP) is 5.58. The molecular formula is C26H27Cl2N7O. The Labute approximate surface area is 219 Å². The Morgan fingerprint density at radius 2 is 1.78 bits per heavy atom. The van der Waals surface area contributed by atoms with Crippen LogP contribution in [0, 0.1) is 0 Å². The minimum Gasteiger partial charge on any atom is -0.486 e. The van der Waals surface area contributed by atoms with Crippen LogP contribution in [0.5, 0.6) is 5.75 Å². The molecule has 10 heteroatoms. The number of aromatic nitrogens is 5. The fourth-order valence-corrected chi connectivity index (χ4v) is 6.07. The minimum atomic E-state index is -0.355. The van der Waals surface area contributed by atoms with Crippen LogP contribution in [-0.4, -0.2) is 50.3 Å². The van der Waals surface area contributed by atoms with E-state index in [1.165, 1.54) is 12.8 Å². The fourth-order valence-electron chi connectivity index (χ4n) is 5.40. The number of rotatable bonds is 5. The number of nitrogens with one attached hydrogen (secondary N) is 2. The average molecular weight is 524 g/mol. The van der Waals surface area contributed by atoms with E-state index in [-0.39, 0.29) is 6.10 Å². The third kappa shape index (κ3) is 4.38. The van der Waals surface area contributed by atoms with E-state index >= 15 is 0 Å². The summed E-state index contributed by atoms with van der Waals surface area (Å²) in [7, 11) is 0. The van der Waals surface area contributed by atoms with E-state index in [9.17, 15) is 0 Å². The predicted molar refractivity (Wildman–Crippen MR) is 142 cm³/mol. The molecule has 2 saturated heterocycles. The number of hydrogen-bond donors (Lipinski definition) is 2. The summed E-state index contributed by atoms with van der Waals surface area (Å²) in [5.41, 5.74) is 3.57. The van der Waals surface area contributed by atoms with E-state index in [0.29, 0.717) is 26.9 Å². The normalized spacial score (nSPS) is 18.1. The average Bonchev–Trinajstić information content (AvgIpc) is 3.52. The first-order valence-electron chi connectivity index (χ1n) is 12.3. The van der Waals surface area contributed by atoms with Gasteiger partial charge in [-0.1, -0.05) is 23.2 Å². The summed E-state index contributed by atoms with van der Waals surface area (Å²) in [6.45, 7) is 5.00. The number of anilines is 1. The van der Waals surface area contributed by atoms with Gasteiger partial charge in [-0.15, -0.1) is 0 Å². The summed E-state index contributed by atoms with van der Waals surface area (Å²) < 4.78 is 6.19. The topological polar surface area (TPSA) is 91.8 Å². The number of fused-ring (bicyclic) bond motifs is 1. The Kier molecular flexibility index (Phi) is 6.19. The molecule has 0 aliphatic carbocycles. The lowest BCUT2D eigenvalue weighted by Gasteiger charge is -2.39. The molecule has 4 aromatic rings. The molecule has 2 fully saturated rings. The maximum atomic E-state index is 6.31. The molecule has 6 rings (SSSR count). The van der Waals surface area contributed by atoms with Gasteiger partial charge in [0.2, 0.25) is 5.95 Å². The minimum absolute atomic E-state index is 0.329. The maximum absolute atomic E-state index is 6.31. The van der Waals surface area contributed by atoms with Gasteiger partial charge in [0.25, 0.3) is 0 Å². The van der Waals surface area contributed by atoms with Crippen LogP contribution in [0.3, 0.4) is 0 Å². The summed E-state index contributed by atoms with van der Waals surface area (Å²) in [5.74, 6) is 1.46. The highest BCUT2D eigenvalue weighted by Crippen LogP contribution is 2.35. The molecule has 5 heterocycles. The van der Waals surface area contributed by atoms with Gasteiger partial charge in [-0.2, -0.15) is 5.10 Å². The van der Waals surface area contributed by atoms with Crippen LogP contribution in [0.2, 0.25) is 10.0 Å². The first kappa shape index (κ1) is 23.5. The molecule has 1 aromatic carbocycles. The van der Waals surface area contributed by atoms with Crippen LogP contribution in [0.25, 0.3) is 22.2 Å². The van der Waals surface area contributed by atoms with Crippen molar-refractivity contribution in [3.8, 4) is 17.0 Å². The summed E-state index contributed by atoms with van der Waals surface area (Å²) in [5, 5.41) is 13.2. The van der Waals surface area contributed by atoms with Gasteiger partial charge in [-0.3, -0.25) is 10.1 Å². The second-order valence-electron chi connectivity index (χ2n) is 9.63. The molecule has 1 atom stereocenters. The zero-order valence-electron chi connectivity index (χ0n) is 20.0. The number of hydrogen-bond acceptors (Lipinski definition) is 7. The van der Waals surface area contributed by atoms with Crippen molar-refractivity contribution in [1.29, 1.82) is 0 Å². The van der Waals surface area contributed by atoms with E-state index in [2.05, 4.69) is 35.4 Å². The number of aromatic amines is 1. The number of H-pyrrole nitrogens is 1. The molecule has 186 valence electrons. The monoisotopic (exact) mass is 523 g/mol.